The van der Waals surface area contributed by atoms with Crippen molar-refractivity contribution >= 4 is 40.1 Å². The molecule has 3 amide bonds. The summed E-state index contributed by atoms with van der Waals surface area (Å²) in [5.41, 5.74) is 3.40. The van der Waals surface area contributed by atoms with Gasteiger partial charge in [-0.3, -0.25) is 4.79 Å². The lowest BCUT2D eigenvalue weighted by atomic mass is 9.92. The summed E-state index contributed by atoms with van der Waals surface area (Å²) in [4.78, 5) is 34.4. The lowest BCUT2D eigenvalue weighted by Crippen LogP contribution is -2.53. The summed E-state index contributed by atoms with van der Waals surface area (Å²) in [5.74, 6) is -0.374. The van der Waals surface area contributed by atoms with E-state index in [1.165, 1.54) is 12.1 Å². The van der Waals surface area contributed by atoms with Gasteiger partial charge in [-0.15, -0.1) is 0 Å². The average molecular weight is 606 g/mol. The topological polar surface area (TPSA) is 89.7 Å². The number of halogens is 2. The molecule has 1 aliphatic heterocycles. The van der Waals surface area contributed by atoms with Crippen LogP contribution in [0.3, 0.4) is 0 Å². The third kappa shape index (κ3) is 7.47. The summed E-state index contributed by atoms with van der Waals surface area (Å²) in [6, 6.07) is 18.1. The summed E-state index contributed by atoms with van der Waals surface area (Å²) in [6.45, 7) is 3.51. The second-order valence-corrected chi connectivity index (χ2v) is 11.7. The Morgan fingerprint density at radius 1 is 1.09 bits per heavy atom. The number of fused-ring (bicyclic) bond motifs is 1. The molecule has 1 saturated heterocycles. The number of piperidine rings is 1. The van der Waals surface area contributed by atoms with Crippen molar-refractivity contribution in [3.8, 4) is 5.75 Å². The van der Waals surface area contributed by atoms with Gasteiger partial charge >= 0.3 is 6.03 Å². The normalized spacial score (nSPS) is 15.3. The van der Waals surface area contributed by atoms with E-state index >= 15 is 0 Å². The van der Waals surface area contributed by atoms with E-state index in [1.807, 2.05) is 62.4 Å². The third-order valence-electron chi connectivity index (χ3n) is 7.82. The van der Waals surface area contributed by atoms with Crippen LogP contribution in [0.2, 0.25) is 5.02 Å². The van der Waals surface area contributed by atoms with Gasteiger partial charge in [-0.2, -0.15) is 0 Å². The number of H-pyrrole nitrogens is 1. The van der Waals surface area contributed by atoms with Crippen LogP contribution in [0, 0.1) is 5.82 Å². The van der Waals surface area contributed by atoms with E-state index in [1.54, 1.807) is 29.2 Å². The van der Waals surface area contributed by atoms with Gasteiger partial charge in [0.1, 0.15) is 23.7 Å². The first kappa shape index (κ1) is 30.4. The predicted molar refractivity (Wildman–Crippen MR) is 168 cm³/mol. The standard InChI is InChI=1S/C33H37ClFN5O3/c1-21(28-19-36-30-7-5-4-6-27(28)30)31(32(41)37-24-10-13-29(34)22(18-24)20-39(2)3)38-33(42)40-16-14-26(15-17-40)43-25-11-8-23(35)9-12-25/h4-13,18-19,21,26,31,36H,14-17,20H2,1-3H3,(H,37,41)(H,38,42)/t21-,31-/m1/s1. The van der Waals surface area contributed by atoms with Gasteiger partial charge in [-0.05, 0) is 73.8 Å². The number of benzene rings is 3. The molecule has 4 aromatic rings. The summed E-state index contributed by atoms with van der Waals surface area (Å²) >= 11 is 6.40. The third-order valence-corrected chi connectivity index (χ3v) is 8.19. The zero-order valence-corrected chi connectivity index (χ0v) is 25.3. The highest BCUT2D eigenvalue weighted by Gasteiger charge is 2.32. The Balaban J connectivity index is 1.31. The van der Waals surface area contributed by atoms with Crippen LogP contribution in [0.1, 0.15) is 36.8 Å². The number of rotatable bonds is 9. The summed E-state index contributed by atoms with van der Waals surface area (Å²) < 4.78 is 19.2. The van der Waals surface area contributed by atoms with E-state index in [9.17, 15) is 14.0 Å². The summed E-state index contributed by atoms with van der Waals surface area (Å²) in [7, 11) is 3.90. The van der Waals surface area contributed by atoms with Crippen LogP contribution in [0.25, 0.3) is 10.9 Å². The van der Waals surface area contributed by atoms with Crippen molar-refractivity contribution in [1.29, 1.82) is 0 Å². The first-order valence-electron chi connectivity index (χ1n) is 14.5. The summed E-state index contributed by atoms with van der Waals surface area (Å²) in [6.07, 6.45) is 3.07. The highest BCUT2D eigenvalue weighted by atomic mass is 35.5. The van der Waals surface area contributed by atoms with Crippen molar-refractivity contribution in [2.75, 3.05) is 32.5 Å². The van der Waals surface area contributed by atoms with Crippen molar-refractivity contribution in [3.63, 3.8) is 0 Å². The molecule has 0 spiro atoms. The number of hydrogen-bond donors (Lipinski definition) is 3. The van der Waals surface area contributed by atoms with Crippen molar-refractivity contribution in [2.24, 2.45) is 0 Å². The van der Waals surface area contributed by atoms with Crippen LogP contribution in [-0.2, 0) is 11.3 Å². The number of carbonyl (C=O) groups excluding carboxylic acids is 2. The number of aromatic nitrogens is 1. The van der Waals surface area contributed by atoms with Gasteiger partial charge in [0.2, 0.25) is 5.91 Å². The van der Waals surface area contributed by atoms with Crippen LogP contribution >= 0.6 is 11.6 Å². The minimum absolute atomic E-state index is 0.0833. The number of likely N-dealkylation sites (tertiary alicyclic amines) is 1. The molecule has 1 fully saturated rings. The number of ether oxygens (including phenoxy) is 1. The zero-order valence-electron chi connectivity index (χ0n) is 24.6. The van der Waals surface area contributed by atoms with Gasteiger partial charge in [0.25, 0.3) is 0 Å². The maximum atomic E-state index is 13.9. The fraction of sp³-hybridized carbons (Fsp3) is 0.333. The molecule has 3 aromatic carbocycles. The molecule has 0 radical (unpaired) electrons. The number of nitrogens with one attached hydrogen (secondary N) is 3. The Morgan fingerprint density at radius 2 is 1.81 bits per heavy atom. The minimum Gasteiger partial charge on any atom is -0.490 e. The minimum atomic E-state index is -0.854. The smallest absolute Gasteiger partial charge is 0.318 e. The van der Waals surface area contributed by atoms with Crippen LogP contribution in [0.4, 0.5) is 14.9 Å². The Bertz CT molecular complexity index is 1570. The number of hydrogen-bond acceptors (Lipinski definition) is 4. The van der Waals surface area contributed by atoms with E-state index < -0.39 is 6.04 Å². The molecule has 0 aliphatic carbocycles. The number of carbonyl (C=O) groups is 2. The fourth-order valence-electron chi connectivity index (χ4n) is 5.51. The molecule has 0 unspecified atom stereocenters. The number of nitrogens with zero attached hydrogens (tertiary/aromatic N) is 2. The van der Waals surface area contributed by atoms with E-state index in [-0.39, 0.29) is 29.8 Å². The molecule has 8 nitrogen and oxygen atoms in total. The Kier molecular flexibility index (Phi) is 9.52. The van der Waals surface area contributed by atoms with Gasteiger partial charge in [-0.25, -0.2) is 9.18 Å². The van der Waals surface area contributed by atoms with Crippen molar-refractivity contribution in [2.45, 2.75) is 44.4 Å². The molecule has 0 bridgehead atoms. The molecule has 0 saturated carbocycles. The van der Waals surface area contributed by atoms with Gasteiger partial charge in [0.05, 0.1) is 0 Å². The Labute approximate surface area is 256 Å². The van der Waals surface area contributed by atoms with Crippen LogP contribution < -0.4 is 15.4 Å². The van der Waals surface area contributed by atoms with E-state index in [4.69, 9.17) is 16.3 Å². The summed E-state index contributed by atoms with van der Waals surface area (Å²) in [5, 5.41) is 7.67. The molecular weight excluding hydrogens is 569 g/mol. The van der Waals surface area contributed by atoms with Crippen LogP contribution in [0.5, 0.6) is 5.75 Å². The van der Waals surface area contributed by atoms with Crippen molar-refractivity contribution in [3.05, 3.63) is 94.9 Å². The molecule has 1 aromatic heterocycles. The van der Waals surface area contributed by atoms with Crippen molar-refractivity contribution < 1.29 is 18.7 Å². The second-order valence-electron chi connectivity index (χ2n) is 11.3. The number of para-hydroxylation sites is 1. The maximum absolute atomic E-state index is 13.9. The zero-order chi connectivity index (χ0) is 30.5. The lowest BCUT2D eigenvalue weighted by molar-refractivity contribution is -0.118. The van der Waals surface area contributed by atoms with Crippen LogP contribution in [-0.4, -0.2) is 66.1 Å². The van der Waals surface area contributed by atoms with Crippen molar-refractivity contribution in [1.82, 2.24) is 20.1 Å². The van der Waals surface area contributed by atoms with E-state index in [2.05, 4.69) is 15.6 Å². The van der Waals surface area contributed by atoms with Gasteiger partial charge < -0.3 is 30.2 Å². The fourth-order valence-corrected chi connectivity index (χ4v) is 5.69. The average Bonchev–Trinajstić information content (AvgIpc) is 3.43. The number of aromatic amines is 1. The number of urea groups is 1. The number of anilines is 1. The molecule has 43 heavy (non-hydrogen) atoms. The molecule has 5 rings (SSSR count). The molecule has 3 N–H and O–H groups in total. The highest BCUT2D eigenvalue weighted by Crippen LogP contribution is 2.29. The second kappa shape index (κ2) is 13.5. The van der Waals surface area contributed by atoms with E-state index in [0.717, 1.165) is 22.0 Å². The van der Waals surface area contributed by atoms with Crippen LogP contribution in [0.15, 0.2) is 72.9 Å². The largest absolute Gasteiger partial charge is 0.490 e. The molecule has 1 aliphatic rings. The van der Waals surface area contributed by atoms with Gasteiger partial charge in [0.15, 0.2) is 0 Å². The van der Waals surface area contributed by atoms with Gasteiger partial charge in [0, 0.05) is 66.2 Å². The Hall–Kier alpha value is -4.08. The predicted octanol–water partition coefficient (Wildman–Crippen LogP) is 6.39. The lowest BCUT2D eigenvalue weighted by Gasteiger charge is -2.34. The molecule has 10 heteroatoms. The maximum Gasteiger partial charge on any atom is 0.318 e. The Morgan fingerprint density at radius 3 is 2.53 bits per heavy atom. The monoisotopic (exact) mass is 605 g/mol. The number of amides is 3. The molecule has 2 atom stereocenters. The van der Waals surface area contributed by atoms with E-state index in [0.29, 0.717) is 48.9 Å². The molecule has 226 valence electrons. The molecular formula is C33H37ClFN5O3. The highest BCUT2D eigenvalue weighted by molar-refractivity contribution is 6.31. The SMILES string of the molecule is C[C@H](c1c[nH]c2ccccc12)[C@@H](NC(=O)N1CCC(Oc2ccc(F)cc2)CC1)C(=O)Nc1ccc(Cl)c(CN(C)C)c1. The van der Waals surface area contributed by atoms with Gasteiger partial charge in [-0.1, -0.05) is 36.7 Å². The quantitative estimate of drug-likeness (QED) is 0.206. The first-order chi connectivity index (χ1) is 20.7. The first-order valence-corrected chi connectivity index (χ1v) is 14.8. The molecule has 2 heterocycles.